The van der Waals surface area contributed by atoms with Gasteiger partial charge < -0.3 is 14.2 Å². The summed E-state index contributed by atoms with van der Waals surface area (Å²) in [4.78, 5) is 21.3. The maximum atomic E-state index is 10.8. The number of carbonyl (C=O) groups excluding carboxylic acids is 2. The number of carbonyl (C=O) groups is 2. The second-order valence-corrected chi connectivity index (χ2v) is 3.48. The van der Waals surface area contributed by atoms with Crippen LogP contribution < -0.4 is 9.47 Å². The molecule has 0 unspecified atom stereocenters. The molecule has 1 aromatic carbocycles. The highest BCUT2D eigenvalue weighted by Gasteiger charge is 2.03. The highest BCUT2D eigenvalue weighted by atomic mass is 16.6. The molecule has 0 N–H and O–H groups in total. The number of hydrogen-bond donors (Lipinski definition) is 0. The van der Waals surface area contributed by atoms with Crippen LogP contribution in [0.3, 0.4) is 0 Å². The van der Waals surface area contributed by atoms with Gasteiger partial charge in [-0.05, 0) is 19.1 Å². The molecule has 0 saturated carbocycles. The third-order valence-corrected chi connectivity index (χ3v) is 2.01. The SMILES string of the molecule is CCOc1cc(C=O)cc(OCCOC(C)=O)c1. The molecular weight excluding hydrogens is 236 g/mol. The Balaban J connectivity index is 2.60. The first-order chi connectivity index (χ1) is 8.65. The quantitative estimate of drug-likeness (QED) is 0.421. The smallest absolute Gasteiger partial charge is 0.302 e. The maximum absolute atomic E-state index is 10.8. The lowest BCUT2D eigenvalue weighted by atomic mass is 10.2. The summed E-state index contributed by atoms with van der Waals surface area (Å²) in [7, 11) is 0. The van der Waals surface area contributed by atoms with Gasteiger partial charge in [0.2, 0.25) is 0 Å². The Hall–Kier alpha value is -2.04. The molecule has 0 saturated heterocycles. The molecule has 0 atom stereocenters. The molecule has 18 heavy (non-hydrogen) atoms. The molecule has 0 radical (unpaired) electrons. The van der Waals surface area contributed by atoms with Crippen molar-refractivity contribution < 1.29 is 23.8 Å². The molecule has 0 heterocycles. The van der Waals surface area contributed by atoms with Crippen LogP contribution in [-0.2, 0) is 9.53 Å². The first-order valence-electron chi connectivity index (χ1n) is 5.65. The Morgan fingerprint density at radius 2 is 1.83 bits per heavy atom. The summed E-state index contributed by atoms with van der Waals surface area (Å²) >= 11 is 0. The van der Waals surface area contributed by atoms with Crippen molar-refractivity contribution >= 4 is 12.3 Å². The van der Waals surface area contributed by atoms with E-state index in [1.165, 1.54) is 6.92 Å². The summed E-state index contributed by atoms with van der Waals surface area (Å²) in [5, 5.41) is 0. The van der Waals surface area contributed by atoms with Gasteiger partial charge in [-0.2, -0.15) is 0 Å². The second-order valence-electron chi connectivity index (χ2n) is 3.48. The van der Waals surface area contributed by atoms with E-state index in [9.17, 15) is 9.59 Å². The van der Waals surface area contributed by atoms with Gasteiger partial charge in [0.25, 0.3) is 0 Å². The number of ether oxygens (including phenoxy) is 3. The molecule has 0 amide bonds. The van der Waals surface area contributed by atoms with E-state index < -0.39 is 0 Å². The van der Waals surface area contributed by atoms with E-state index in [4.69, 9.17) is 14.2 Å². The average molecular weight is 252 g/mol. The minimum Gasteiger partial charge on any atom is -0.494 e. The molecule has 0 aliphatic carbocycles. The van der Waals surface area contributed by atoms with E-state index in [2.05, 4.69) is 0 Å². The third-order valence-electron chi connectivity index (χ3n) is 2.01. The summed E-state index contributed by atoms with van der Waals surface area (Å²) in [6, 6.07) is 4.92. The van der Waals surface area contributed by atoms with Gasteiger partial charge in [-0.15, -0.1) is 0 Å². The van der Waals surface area contributed by atoms with Crippen molar-refractivity contribution in [3.8, 4) is 11.5 Å². The zero-order valence-electron chi connectivity index (χ0n) is 10.5. The Bertz CT molecular complexity index is 414. The lowest BCUT2D eigenvalue weighted by Gasteiger charge is -2.09. The fourth-order valence-electron chi connectivity index (χ4n) is 1.34. The van der Waals surface area contributed by atoms with Gasteiger partial charge in [0.1, 0.15) is 31.0 Å². The topological polar surface area (TPSA) is 61.8 Å². The van der Waals surface area contributed by atoms with E-state index in [1.54, 1.807) is 18.2 Å². The van der Waals surface area contributed by atoms with Crippen LogP contribution >= 0.6 is 0 Å². The largest absolute Gasteiger partial charge is 0.494 e. The minimum atomic E-state index is -0.352. The lowest BCUT2D eigenvalue weighted by molar-refractivity contribution is -0.141. The summed E-state index contributed by atoms with van der Waals surface area (Å²) in [6.07, 6.45) is 0.724. The first kappa shape index (κ1) is 14.0. The monoisotopic (exact) mass is 252 g/mol. The molecule has 1 aromatic rings. The highest BCUT2D eigenvalue weighted by molar-refractivity contribution is 5.76. The van der Waals surface area contributed by atoms with E-state index in [0.29, 0.717) is 23.7 Å². The Morgan fingerprint density at radius 3 is 2.39 bits per heavy atom. The van der Waals surface area contributed by atoms with Crippen molar-refractivity contribution in [1.29, 1.82) is 0 Å². The maximum Gasteiger partial charge on any atom is 0.302 e. The van der Waals surface area contributed by atoms with E-state index in [1.807, 2.05) is 6.92 Å². The van der Waals surface area contributed by atoms with E-state index >= 15 is 0 Å². The zero-order chi connectivity index (χ0) is 13.4. The molecular formula is C13H16O5. The number of aldehydes is 1. The molecule has 1 rings (SSSR count). The molecule has 98 valence electrons. The molecule has 0 bridgehead atoms. The van der Waals surface area contributed by atoms with Crippen LogP contribution in [0.4, 0.5) is 0 Å². The van der Waals surface area contributed by atoms with Crippen LogP contribution in [0.2, 0.25) is 0 Å². The van der Waals surface area contributed by atoms with Crippen molar-refractivity contribution in [1.82, 2.24) is 0 Å². The van der Waals surface area contributed by atoms with Crippen molar-refractivity contribution in [2.45, 2.75) is 13.8 Å². The van der Waals surface area contributed by atoms with Gasteiger partial charge in [0.05, 0.1) is 6.61 Å². The molecule has 5 nitrogen and oxygen atoms in total. The predicted molar refractivity (Wildman–Crippen MR) is 65.1 cm³/mol. The normalized spacial score (nSPS) is 9.67. The summed E-state index contributed by atoms with van der Waals surface area (Å²) < 4.78 is 15.4. The van der Waals surface area contributed by atoms with Gasteiger partial charge in [-0.1, -0.05) is 0 Å². The minimum absolute atomic E-state index is 0.171. The van der Waals surface area contributed by atoms with Crippen molar-refractivity contribution in [3.05, 3.63) is 23.8 Å². The van der Waals surface area contributed by atoms with Gasteiger partial charge in [0, 0.05) is 18.6 Å². The summed E-state index contributed by atoms with van der Waals surface area (Å²) in [5.74, 6) is 0.732. The van der Waals surface area contributed by atoms with Crippen molar-refractivity contribution in [2.24, 2.45) is 0 Å². The number of benzene rings is 1. The third kappa shape index (κ3) is 4.86. The summed E-state index contributed by atoms with van der Waals surface area (Å²) in [5.41, 5.74) is 0.475. The van der Waals surface area contributed by atoms with Crippen LogP contribution in [0.5, 0.6) is 11.5 Å². The van der Waals surface area contributed by atoms with Crippen LogP contribution in [0.25, 0.3) is 0 Å². The molecule has 5 heteroatoms. The van der Waals surface area contributed by atoms with Gasteiger partial charge in [-0.25, -0.2) is 0 Å². The van der Waals surface area contributed by atoms with E-state index in [0.717, 1.165) is 6.29 Å². The average Bonchev–Trinajstić information content (AvgIpc) is 2.34. The van der Waals surface area contributed by atoms with Crippen LogP contribution in [0.15, 0.2) is 18.2 Å². The second kappa shape index (κ2) is 7.32. The fourth-order valence-corrected chi connectivity index (χ4v) is 1.34. The predicted octanol–water partition coefficient (Wildman–Crippen LogP) is 1.84. The molecule has 0 aliphatic rings. The Morgan fingerprint density at radius 1 is 1.17 bits per heavy atom. The number of esters is 1. The van der Waals surface area contributed by atoms with Gasteiger partial charge in [0.15, 0.2) is 0 Å². The van der Waals surface area contributed by atoms with Crippen molar-refractivity contribution in [3.63, 3.8) is 0 Å². The molecule has 0 aliphatic heterocycles. The fraction of sp³-hybridized carbons (Fsp3) is 0.385. The van der Waals surface area contributed by atoms with Gasteiger partial charge >= 0.3 is 5.97 Å². The van der Waals surface area contributed by atoms with Crippen LogP contribution in [0.1, 0.15) is 24.2 Å². The molecule has 0 aromatic heterocycles. The standard InChI is InChI=1S/C13H16O5/c1-3-16-12-6-11(9-14)7-13(8-12)18-5-4-17-10(2)15/h6-9H,3-5H2,1-2H3. The molecule has 0 spiro atoms. The van der Waals surface area contributed by atoms with Crippen molar-refractivity contribution in [2.75, 3.05) is 19.8 Å². The Kier molecular flexibility index (Phi) is 5.70. The number of hydrogen-bond acceptors (Lipinski definition) is 5. The first-order valence-corrected chi connectivity index (χ1v) is 5.65. The van der Waals surface area contributed by atoms with Gasteiger partial charge in [-0.3, -0.25) is 9.59 Å². The van der Waals surface area contributed by atoms with Crippen LogP contribution in [-0.4, -0.2) is 32.1 Å². The number of rotatable bonds is 7. The molecule has 0 fully saturated rings. The zero-order valence-corrected chi connectivity index (χ0v) is 10.5. The highest BCUT2D eigenvalue weighted by Crippen LogP contribution is 2.22. The summed E-state index contributed by atoms with van der Waals surface area (Å²) in [6.45, 7) is 4.10. The lowest BCUT2D eigenvalue weighted by Crippen LogP contribution is -2.09. The Labute approximate surface area is 106 Å². The van der Waals surface area contributed by atoms with Crippen LogP contribution in [0, 0.1) is 0 Å². The van der Waals surface area contributed by atoms with E-state index in [-0.39, 0.29) is 19.2 Å².